The van der Waals surface area contributed by atoms with E-state index in [0.717, 1.165) is 37.2 Å². The van der Waals surface area contributed by atoms with Crippen LogP contribution in [0.15, 0.2) is 18.2 Å². The molecule has 7 nitrogen and oxygen atoms in total. The Labute approximate surface area is 165 Å². The van der Waals surface area contributed by atoms with Crippen molar-refractivity contribution in [2.75, 3.05) is 13.1 Å². The molecule has 2 saturated heterocycles. The maximum atomic E-state index is 12.9. The highest BCUT2D eigenvalue weighted by atomic mass is 16.2. The number of nitrogens with two attached hydrogens (primary N) is 1. The molecule has 0 bridgehead atoms. The van der Waals surface area contributed by atoms with E-state index in [0.29, 0.717) is 24.4 Å². The fourth-order valence-electron chi connectivity index (χ4n) is 4.54. The number of likely N-dealkylation sites (tertiary alicyclic amines) is 1. The number of amides is 3. The molecule has 3 heterocycles. The quantitative estimate of drug-likeness (QED) is 0.756. The number of hydrogen-bond acceptors (Lipinski definition) is 5. The number of nitrogens with one attached hydrogen (secondary N) is 1. The third kappa shape index (κ3) is 3.56. The number of hydrogen-bond donors (Lipinski definition) is 2. The number of benzene rings is 1. The summed E-state index contributed by atoms with van der Waals surface area (Å²) >= 11 is 0. The molecule has 2 atom stereocenters. The van der Waals surface area contributed by atoms with Crippen LogP contribution in [0.25, 0.3) is 0 Å². The molecule has 0 aromatic heterocycles. The molecule has 28 heavy (non-hydrogen) atoms. The maximum absolute atomic E-state index is 12.9. The van der Waals surface area contributed by atoms with E-state index < -0.39 is 6.04 Å². The van der Waals surface area contributed by atoms with Crippen molar-refractivity contribution in [1.29, 1.82) is 0 Å². The van der Waals surface area contributed by atoms with E-state index in [1.165, 1.54) is 0 Å². The molecule has 3 aliphatic rings. The van der Waals surface area contributed by atoms with Gasteiger partial charge in [-0.15, -0.1) is 0 Å². The molecular formula is C21H28N4O3. The SMILES string of the molecule is CC(C)(N)C1CCN(Cc2ccc3c(c2)C(=O)N(C2CCC(=O)NC2=O)C3)C1. The van der Waals surface area contributed by atoms with Crippen molar-refractivity contribution in [3.63, 3.8) is 0 Å². The van der Waals surface area contributed by atoms with Crippen molar-refractivity contribution in [1.82, 2.24) is 15.1 Å². The van der Waals surface area contributed by atoms with Crippen LogP contribution in [0, 0.1) is 5.92 Å². The lowest BCUT2D eigenvalue weighted by atomic mass is 9.88. The Hall–Kier alpha value is -2.25. The van der Waals surface area contributed by atoms with Gasteiger partial charge in [0.1, 0.15) is 6.04 Å². The van der Waals surface area contributed by atoms with Crippen LogP contribution in [0.4, 0.5) is 0 Å². The van der Waals surface area contributed by atoms with Crippen molar-refractivity contribution in [3.8, 4) is 0 Å². The summed E-state index contributed by atoms with van der Waals surface area (Å²) in [4.78, 5) is 40.4. The third-order valence-electron chi connectivity index (χ3n) is 6.32. The monoisotopic (exact) mass is 384 g/mol. The molecule has 3 amide bonds. The lowest BCUT2D eigenvalue weighted by Crippen LogP contribution is -2.52. The highest BCUT2D eigenvalue weighted by molar-refractivity contribution is 6.05. The van der Waals surface area contributed by atoms with E-state index >= 15 is 0 Å². The molecule has 150 valence electrons. The molecule has 2 unspecified atom stereocenters. The first kappa shape index (κ1) is 19.1. The van der Waals surface area contributed by atoms with E-state index in [1.807, 2.05) is 12.1 Å². The van der Waals surface area contributed by atoms with E-state index in [4.69, 9.17) is 5.73 Å². The minimum Gasteiger partial charge on any atom is -0.325 e. The van der Waals surface area contributed by atoms with Crippen LogP contribution in [0.3, 0.4) is 0 Å². The second-order valence-electron chi connectivity index (χ2n) is 8.93. The Kier molecular flexibility index (Phi) is 4.75. The third-order valence-corrected chi connectivity index (χ3v) is 6.32. The first-order valence-electron chi connectivity index (χ1n) is 10.00. The lowest BCUT2D eigenvalue weighted by Gasteiger charge is -2.29. The number of fused-ring (bicyclic) bond motifs is 1. The van der Waals surface area contributed by atoms with Gasteiger partial charge in [0.25, 0.3) is 5.91 Å². The lowest BCUT2D eigenvalue weighted by molar-refractivity contribution is -0.136. The number of carbonyl (C=O) groups is 3. The van der Waals surface area contributed by atoms with Crippen LogP contribution in [-0.4, -0.2) is 52.2 Å². The van der Waals surface area contributed by atoms with Crippen molar-refractivity contribution in [2.45, 2.75) is 57.8 Å². The van der Waals surface area contributed by atoms with Crippen LogP contribution in [-0.2, 0) is 22.7 Å². The van der Waals surface area contributed by atoms with Crippen molar-refractivity contribution in [3.05, 3.63) is 34.9 Å². The standard InChI is InChI=1S/C21H28N4O3/c1-21(2,22)15-7-8-24(12-15)10-13-3-4-14-11-25(20(28)16(14)9-13)17-5-6-18(26)23-19(17)27/h3-4,9,15,17H,5-8,10-12,22H2,1-2H3,(H,23,26,27). The molecule has 7 heteroatoms. The predicted molar refractivity (Wildman–Crippen MR) is 104 cm³/mol. The molecule has 3 aliphatic heterocycles. The molecular weight excluding hydrogens is 356 g/mol. The second kappa shape index (κ2) is 6.97. The van der Waals surface area contributed by atoms with Gasteiger partial charge >= 0.3 is 0 Å². The fourth-order valence-corrected chi connectivity index (χ4v) is 4.54. The number of carbonyl (C=O) groups excluding carboxylic acids is 3. The summed E-state index contributed by atoms with van der Waals surface area (Å²) in [5, 5.41) is 2.34. The molecule has 0 aliphatic carbocycles. The smallest absolute Gasteiger partial charge is 0.255 e. The van der Waals surface area contributed by atoms with Gasteiger partial charge in [-0.3, -0.25) is 24.6 Å². The Balaban J connectivity index is 1.45. The van der Waals surface area contributed by atoms with E-state index in [2.05, 4.69) is 30.1 Å². The maximum Gasteiger partial charge on any atom is 0.255 e. The summed E-state index contributed by atoms with van der Waals surface area (Å²) < 4.78 is 0. The predicted octanol–water partition coefficient (Wildman–Crippen LogP) is 1.01. The minimum absolute atomic E-state index is 0.117. The van der Waals surface area contributed by atoms with Crippen LogP contribution in [0.1, 0.15) is 54.6 Å². The molecule has 1 aromatic carbocycles. The Morgan fingerprint density at radius 3 is 2.68 bits per heavy atom. The fraction of sp³-hybridized carbons (Fsp3) is 0.571. The van der Waals surface area contributed by atoms with Crippen LogP contribution in [0.2, 0.25) is 0 Å². The topological polar surface area (TPSA) is 95.7 Å². The van der Waals surface area contributed by atoms with Gasteiger partial charge in [-0.1, -0.05) is 12.1 Å². The number of imide groups is 1. The Morgan fingerprint density at radius 1 is 1.21 bits per heavy atom. The zero-order chi connectivity index (χ0) is 20.1. The van der Waals surface area contributed by atoms with Gasteiger partial charge in [0, 0.05) is 37.2 Å². The molecule has 2 fully saturated rings. The first-order chi connectivity index (χ1) is 13.2. The summed E-state index contributed by atoms with van der Waals surface area (Å²) in [6, 6.07) is 5.47. The zero-order valence-corrected chi connectivity index (χ0v) is 16.5. The van der Waals surface area contributed by atoms with Gasteiger partial charge in [0.15, 0.2) is 0 Å². The number of rotatable bonds is 4. The minimum atomic E-state index is -0.563. The average Bonchev–Trinajstić information content (AvgIpc) is 3.21. The Bertz CT molecular complexity index is 829. The Morgan fingerprint density at radius 2 is 2.00 bits per heavy atom. The normalized spacial score (nSPS) is 26.0. The van der Waals surface area contributed by atoms with Gasteiger partial charge in [-0.05, 0) is 56.3 Å². The van der Waals surface area contributed by atoms with Crippen LogP contribution >= 0.6 is 0 Å². The molecule has 3 N–H and O–H groups in total. The van der Waals surface area contributed by atoms with Crippen molar-refractivity contribution < 1.29 is 14.4 Å². The molecule has 0 saturated carbocycles. The largest absolute Gasteiger partial charge is 0.325 e. The van der Waals surface area contributed by atoms with E-state index in [1.54, 1.807) is 4.90 Å². The molecule has 4 rings (SSSR count). The van der Waals surface area contributed by atoms with Gasteiger partial charge in [-0.2, -0.15) is 0 Å². The average molecular weight is 384 g/mol. The van der Waals surface area contributed by atoms with E-state index in [-0.39, 0.29) is 29.7 Å². The zero-order valence-electron chi connectivity index (χ0n) is 16.5. The molecule has 0 spiro atoms. The van der Waals surface area contributed by atoms with Gasteiger partial charge < -0.3 is 10.6 Å². The van der Waals surface area contributed by atoms with E-state index in [9.17, 15) is 14.4 Å². The molecule has 0 radical (unpaired) electrons. The first-order valence-corrected chi connectivity index (χ1v) is 10.00. The van der Waals surface area contributed by atoms with Gasteiger partial charge in [0.2, 0.25) is 11.8 Å². The van der Waals surface area contributed by atoms with Crippen molar-refractivity contribution >= 4 is 17.7 Å². The van der Waals surface area contributed by atoms with Gasteiger partial charge in [-0.25, -0.2) is 0 Å². The van der Waals surface area contributed by atoms with Crippen LogP contribution in [0.5, 0.6) is 0 Å². The summed E-state index contributed by atoms with van der Waals surface area (Å²) in [6.45, 7) is 7.37. The highest BCUT2D eigenvalue weighted by Crippen LogP contribution is 2.30. The van der Waals surface area contributed by atoms with Crippen LogP contribution < -0.4 is 11.1 Å². The van der Waals surface area contributed by atoms with Crippen molar-refractivity contribution in [2.24, 2.45) is 11.7 Å². The second-order valence-corrected chi connectivity index (χ2v) is 8.93. The van der Waals surface area contributed by atoms with Gasteiger partial charge in [0.05, 0.1) is 0 Å². The number of nitrogens with zero attached hydrogens (tertiary/aromatic N) is 2. The molecule has 1 aromatic rings. The summed E-state index contributed by atoms with van der Waals surface area (Å²) in [6.07, 6.45) is 1.76. The summed E-state index contributed by atoms with van der Waals surface area (Å²) in [7, 11) is 0. The highest BCUT2D eigenvalue weighted by Gasteiger charge is 2.39. The summed E-state index contributed by atoms with van der Waals surface area (Å²) in [5.74, 6) is -0.275. The summed E-state index contributed by atoms with van der Waals surface area (Å²) in [5.41, 5.74) is 8.82. The number of piperidine rings is 1.